The number of carbonyl (C=O) groups is 2. The van der Waals surface area contributed by atoms with Crippen molar-refractivity contribution in [3.63, 3.8) is 0 Å². The molecule has 0 aromatic heterocycles. The lowest BCUT2D eigenvalue weighted by molar-refractivity contribution is -0.194. The van der Waals surface area contributed by atoms with Crippen molar-refractivity contribution in [2.45, 2.75) is 38.5 Å². The molecule has 0 spiro atoms. The van der Waals surface area contributed by atoms with Gasteiger partial charge in [-0.3, -0.25) is 4.79 Å². The zero-order valence-corrected chi connectivity index (χ0v) is 19.1. The average molecular weight is 479 g/mol. The van der Waals surface area contributed by atoms with Gasteiger partial charge in [0, 0.05) is 36.7 Å². The van der Waals surface area contributed by atoms with Crippen LogP contribution in [0.2, 0.25) is 0 Å². The van der Waals surface area contributed by atoms with Crippen molar-refractivity contribution >= 4 is 11.9 Å². The largest absolute Gasteiger partial charge is 0.491 e. The second-order valence-electron chi connectivity index (χ2n) is 9.12. The van der Waals surface area contributed by atoms with E-state index in [9.17, 15) is 22.8 Å². The van der Waals surface area contributed by atoms with E-state index in [-0.39, 0.29) is 30.5 Å². The van der Waals surface area contributed by atoms with Crippen molar-refractivity contribution in [2.24, 2.45) is 17.3 Å². The normalized spacial score (nSPS) is 27.5. The van der Waals surface area contributed by atoms with Crippen LogP contribution in [0.4, 0.5) is 13.2 Å². The minimum Gasteiger partial charge on any atom is -0.491 e. The Morgan fingerprint density at radius 2 is 1.91 bits per heavy atom. The summed E-state index contributed by atoms with van der Waals surface area (Å²) in [7, 11) is 1.26. The molecule has 184 valence electrons. The highest BCUT2D eigenvalue weighted by Crippen LogP contribution is 2.49. The number of amides is 1. The van der Waals surface area contributed by atoms with E-state index in [1.165, 1.54) is 32.3 Å². The molecule has 2 aliphatic heterocycles. The first-order chi connectivity index (χ1) is 16.1. The highest BCUT2D eigenvalue weighted by atomic mass is 19.4. The summed E-state index contributed by atoms with van der Waals surface area (Å²) in [5.41, 5.74) is -0.555. The summed E-state index contributed by atoms with van der Waals surface area (Å²) in [4.78, 5) is 27.2. The van der Waals surface area contributed by atoms with Gasteiger partial charge in [0.2, 0.25) is 5.91 Å². The Hall–Kier alpha value is -2.81. The number of esters is 1. The summed E-state index contributed by atoms with van der Waals surface area (Å²) >= 11 is 0. The highest BCUT2D eigenvalue weighted by Gasteiger charge is 2.55. The van der Waals surface area contributed by atoms with Crippen LogP contribution in [0.1, 0.15) is 35.7 Å². The molecule has 1 aromatic rings. The van der Waals surface area contributed by atoms with Crippen LogP contribution >= 0.6 is 0 Å². The van der Waals surface area contributed by atoms with Crippen LogP contribution in [0.15, 0.2) is 42.5 Å². The predicted molar refractivity (Wildman–Crippen MR) is 117 cm³/mol. The smallest absolute Gasteiger partial charge is 0.396 e. The molecule has 2 heterocycles. The molecule has 1 amide bonds. The molecule has 0 radical (unpaired) electrons. The second kappa shape index (κ2) is 9.44. The predicted octanol–water partition coefficient (Wildman–Crippen LogP) is 4.30. The van der Waals surface area contributed by atoms with Gasteiger partial charge < -0.3 is 19.1 Å². The average Bonchev–Trinajstić information content (AvgIpc) is 3.02. The number of hydrogen-bond acceptors (Lipinski definition) is 5. The molecule has 4 rings (SSSR count). The van der Waals surface area contributed by atoms with Crippen molar-refractivity contribution in [1.29, 1.82) is 0 Å². The van der Waals surface area contributed by atoms with Gasteiger partial charge in [0.1, 0.15) is 12.4 Å². The van der Waals surface area contributed by atoms with Gasteiger partial charge in [0.15, 0.2) is 0 Å². The second-order valence-corrected chi connectivity index (χ2v) is 9.12. The fraction of sp³-hybridized carbons (Fsp3) is 0.520. The van der Waals surface area contributed by atoms with E-state index in [1.807, 2.05) is 0 Å². The van der Waals surface area contributed by atoms with Crippen LogP contribution < -0.4 is 4.74 Å². The molecule has 1 saturated heterocycles. The van der Waals surface area contributed by atoms with E-state index in [0.29, 0.717) is 37.4 Å². The lowest BCUT2D eigenvalue weighted by atomic mass is 9.68. The topological polar surface area (TPSA) is 65.1 Å². The van der Waals surface area contributed by atoms with Crippen molar-refractivity contribution in [3.05, 3.63) is 53.6 Å². The van der Waals surface area contributed by atoms with Crippen LogP contribution in [0, 0.1) is 17.3 Å². The number of rotatable bonds is 3. The molecule has 1 fully saturated rings. The van der Waals surface area contributed by atoms with Crippen LogP contribution in [0.5, 0.6) is 5.75 Å². The molecule has 3 atom stereocenters. The number of carbonyl (C=O) groups excluding carboxylic acids is 2. The van der Waals surface area contributed by atoms with E-state index in [1.54, 1.807) is 23.1 Å². The Morgan fingerprint density at radius 1 is 1.18 bits per heavy atom. The maximum absolute atomic E-state index is 14.1. The number of methoxy groups -OCH3 is 1. The third-order valence-corrected chi connectivity index (χ3v) is 7.07. The van der Waals surface area contributed by atoms with E-state index >= 15 is 0 Å². The van der Waals surface area contributed by atoms with Crippen molar-refractivity contribution in [1.82, 2.24) is 4.90 Å². The SMILES string of the molecule is COC(=O)c1ccc2c(c1)OC[C@H](C1(C)C=CC=CC1C(F)(F)F)N(C(=O)C1CCOCC1)C2. The molecular formula is C25H28F3NO5. The van der Waals surface area contributed by atoms with Gasteiger partial charge in [-0.15, -0.1) is 0 Å². The zero-order valence-electron chi connectivity index (χ0n) is 19.1. The number of nitrogens with zero attached hydrogens (tertiary/aromatic N) is 1. The fourth-order valence-electron chi connectivity index (χ4n) is 5.07. The number of ether oxygens (including phenoxy) is 3. The first kappa shape index (κ1) is 24.3. The maximum atomic E-state index is 14.1. The van der Waals surface area contributed by atoms with Gasteiger partial charge in [-0.2, -0.15) is 13.2 Å². The number of fused-ring (bicyclic) bond motifs is 1. The highest BCUT2D eigenvalue weighted by molar-refractivity contribution is 5.90. The molecule has 6 nitrogen and oxygen atoms in total. The Labute approximate surface area is 196 Å². The maximum Gasteiger partial charge on any atom is 0.396 e. The lowest BCUT2D eigenvalue weighted by Crippen LogP contribution is -2.57. The van der Waals surface area contributed by atoms with Gasteiger partial charge in [-0.1, -0.05) is 37.3 Å². The molecule has 0 bridgehead atoms. The zero-order chi connectivity index (χ0) is 24.5. The Kier molecular flexibility index (Phi) is 6.75. The summed E-state index contributed by atoms with van der Waals surface area (Å²) in [6.07, 6.45) is 2.19. The first-order valence-electron chi connectivity index (χ1n) is 11.3. The van der Waals surface area contributed by atoms with Crippen molar-refractivity contribution in [3.8, 4) is 5.75 Å². The number of hydrogen-bond donors (Lipinski definition) is 0. The summed E-state index contributed by atoms with van der Waals surface area (Å²) in [5.74, 6) is -2.50. The number of alkyl halides is 3. The summed E-state index contributed by atoms with van der Waals surface area (Å²) < 4.78 is 58.5. The molecule has 1 aliphatic carbocycles. The van der Waals surface area contributed by atoms with E-state index < -0.39 is 29.5 Å². The number of halogens is 3. The van der Waals surface area contributed by atoms with Crippen molar-refractivity contribution in [2.75, 3.05) is 26.9 Å². The molecule has 1 aromatic carbocycles. The van der Waals surface area contributed by atoms with E-state index in [2.05, 4.69) is 0 Å². The Balaban J connectivity index is 1.75. The number of allylic oxidation sites excluding steroid dienone is 3. The molecule has 0 N–H and O–H groups in total. The van der Waals surface area contributed by atoms with Gasteiger partial charge in [0.25, 0.3) is 0 Å². The molecule has 9 heteroatoms. The van der Waals surface area contributed by atoms with Crippen LogP contribution in [-0.4, -0.2) is 55.9 Å². The quantitative estimate of drug-likeness (QED) is 0.605. The van der Waals surface area contributed by atoms with Crippen molar-refractivity contribution < 1.29 is 37.0 Å². The van der Waals surface area contributed by atoms with Gasteiger partial charge >= 0.3 is 12.1 Å². The summed E-state index contributed by atoms with van der Waals surface area (Å²) in [6.45, 7) is 2.34. The van der Waals surface area contributed by atoms with E-state index in [4.69, 9.17) is 14.2 Å². The first-order valence-corrected chi connectivity index (χ1v) is 11.3. The molecular weight excluding hydrogens is 451 g/mol. The molecule has 0 saturated carbocycles. The summed E-state index contributed by atoms with van der Waals surface area (Å²) in [6, 6.07) is 3.86. The van der Waals surface area contributed by atoms with Crippen LogP contribution in [0.3, 0.4) is 0 Å². The standard InChI is InChI=1S/C25H28F3NO5/c1-24(10-4-3-5-20(24)25(26,27)28)21-15-34-19-13-17(23(31)32-2)6-7-18(19)14-29(21)22(30)16-8-11-33-12-9-16/h3-7,10,13,16,20-21H,8-9,11-12,14-15H2,1-2H3/t20?,21-,24?/m1/s1. The molecule has 34 heavy (non-hydrogen) atoms. The Bertz CT molecular complexity index is 999. The van der Waals surface area contributed by atoms with Gasteiger partial charge in [-0.05, 0) is 25.0 Å². The third-order valence-electron chi connectivity index (χ3n) is 7.07. The van der Waals surface area contributed by atoms with Crippen LogP contribution in [0.25, 0.3) is 0 Å². The molecule has 2 unspecified atom stereocenters. The summed E-state index contributed by atoms with van der Waals surface area (Å²) in [5, 5.41) is 0. The minimum atomic E-state index is -4.50. The van der Waals surface area contributed by atoms with E-state index in [0.717, 1.165) is 6.08 Å². The fourth-order valence-corrected chi connectivity index (χ4v) is 5.07. The van der Waals surface area contributed by atoms with Gasteiger partial charge in [-0.25, -0.2) is 4.79 Å². The third kappa shape index (κ3) is 4.58. The lowest BCUT2D eigenvalue weighted by Gasteiger charge is -2.47. The molecule has 3 aliphatic rings. The monoisotopic (exact) mass is 479 g/mol. The number of benzene rings is 1. The van der Waals surface area contributed by atoms with Gasteiger partial charge in [0.05, 0.1) is 24.6 Å². The van der Waals surface area contributed by atoms with Crippen LogP contribution in [-0.2, 0) is 20.8 Å². The minimum absolute atomic E-state index is 0.0787. The Morgan fingerprint density at radius 3 is 2.59 bits per heavy atom.